The van der Waals surface area contributed by atoms with Crippen LogP contribution in [0.15, 0.2) is 24.3 Å². The summed E-state index contributed by atoms with van der Waals surface area (Å²) in [7, 11) is 2.13. The average Bonchev–Trinajstić information content (AvgIpc) is 3.06. The third-order valence-corrected chi connectivity index (χ3v) is 4.00. The van der Waals surface area contributed by atoms with E-state index in [0.29, 0.717) is 12.3 Å². The van der Waals surface area contributed by atoms with Gasteiger partial charge in [-0.05, 0) is 26.1 Å². The van der Waals surface area contributed by atoms with Gasteiger partial charge in [-0.2, -0.15) is 10.3 Å². The molecule has 0 radical (unpaired) electrons. The number of hydrogen-bond donors (Lipinski definition) is 1. The second kappa shape index (κ2) is 6.78. The highest BCUT2D eigenvalue weighted by Gasteiger charge is 2.20. The van der Waals surface area contributed by atoms with E-state index < -0.39 is 5.97 Å². The molecule has 0 atom stereocenters. The number of carbonyl (C=O) groups is 1. The van der Waals surface area contributed by atoms with E-state index in [0.717, 1.165) is 37.4 Å². The van der Waals surface area contributed by atoms with Crippen LogP contribution in [0.4, 0.5) is 5.69 Å². The molecule has 1 N–H and O–H groups in total. The number of rotatable bonds is 4. The molecule has 7 nitrogen and oxygen atoms in total. The lowest BCUT2D eigenvalue weighted by Crippen LogP contribution is -2.44. The minimum Gasteiger partial charge on any atom is -0.461 e. The second-order valence-corrected chi connectivity index (χ2v) is 5.58. The number of aromatic nitrogens is 3. The van der Waals surface area contributed by atoms with Crippen LogP contribution in [0.1, 0.15) is 17.4 Å². The van der Waals surface area contributed by atoms with Gasteiger partial charge < -0.3 is 14.5 Å². The van der Waals surface area contributed by atoms with Crippen molar-refractivity contribution in [3.63, 3.8) is 0 Å². The Balaban J connectivity index is 1.86. The summed E-state index contributed by atoms with van der Waals surface area (Å²) in [5.41, 5.74) is 2.74. The Morgan fingerprint density at radius 2 is 2.04 bits per heavy atom. The predicted molar refractivity (Wildman–Crippen MR) is 87.5 cm³/mol. The highest BCUT2D eigenvalue weighted by atomic mass is 16.5. The molecule has 1 aliphatic heterocycles. The van der Waals surface area contributed by atoms with E-state index in [9.17, 15) is 4.79 Å². The van der Waals surface area contributed by atoms with Crippen LogP contribution in [0.25, 0.3) is 11.3 Å². The Morgan fingerprint density at radius 3 is 2.78 bits per heavy atom. The van der Waals surface area contributed by atoms with Crippen LogP contribution < -0.4 is 4.90 Å². The van der Waals surface area contributed by atoms with Gasteiger partial charge in [-0.25, -0.2) is 4.79 Å². The van der Waals surface area contributed by atoms with E-state index in [1.165, 1.54) is 0 Å². The standard InChI is InChI=1S/C16H21N5O2/c1-3-23-16(22)15-14(17-19-18-15)12-5-4-6-13(11-12)21-9-7-20(2)8-10-21/h4-6,11H,3,7-10H2,1-2H3,(H,17,18,19). The van der Waals surface area contributed by atoms with Gasteiger partial charge in [0.15, 0.2) is 5.69 Å². The molecule has 0 aliphatic carbocycles. The fourth-order valence-electron chi connectivity index (χ4n) is 2.69. The summed E-state index contributed by atoms with van der Waals surface area (Å²) in [6.45, 7) is 6.15. The van der Waals surface area contributed by atoms with E-state index in [2.05, 4.69) is 38.3 Å². The van der Waals surface area contributed by atoms with Crippen LogP contribution in [0.2, 0.25) is 0 Å². The van der Waals surface area contributed by atoms with E-state index in [-0.39, 0.29) is 5.69 Å². The first-order valence-corrected chi connectivity index (χ1v) is 7.81. The number of hydrogen-bond acceptors (Lipinski definition) is 6. The van der Waals surface area contributed by atoms with Crippen molar-refractivity contribution in [2.24, 2.45) is 0 Å². The molecular formula is C16H21N5O2. The van der Waals surface area contributed by atoms with Gasteiger partial charge in [0.25, 0.3) is 0 Å². The number of ether oxygens (including phenoxy) is 1. The van der Waals surface area contributed by atoms with E-state index in [1.54, 1.807) is 6.92 Å². The SMILES string of the molecule is CCOC(=O)c1n[nH]nc1-c1cccc(N2CCN(C)CC2)c1. The predicted octanol–water partition coefficient (Wildman–Crippen LogP) is 1.40. The van der Waals surface area contributed by atoms with Gasteiger partial charge in [0.2, 0.25) is 0 Å². The Kier molecular flexibility index (Phi) is 4.57. The van der Waals surface area contributed by atoms with Gasteiger partial charge in [-0.15, -0.1) is 5.10 Å². The maximum atomic E-state index is 12.0. The smallest absolute Gasteiger partial charge is 0.361 e. The number of nitrogens with zero attached hydrogens (tertiary/aromatic N) is 4. The Hall–Kier alpha value is -2.41. The Bertz CT molecular complexity index is 677. The third kappa shape index (κ3) is 3.34. The summed E-state index contributed by atoms with van der Waals surface area (Å²) in [6.07, 6.45) is 0. The average molecular weight is 315 g/mol. The topological polar surface area (TPSA) is 74.3 Å². The fourth-order valence-corrected chi connectivity index (χ4v) is 2.69. The summed E-state index contributed by atoms with van der Waals surface area (Å²) < 4.78 is 5.03. The minimum atomic E-state index is -0.457. The maximum Gasteiger partial charge on any atom is 0.361 e. The van der Waals surface area contributed by atoms with Crippen molar-refractivity contribution in [2.45, 2.75) is 6.92 Å². The third-order valence-electron chi connectivity index (χ3n) is 4.00. The van der Waals surface area contributed by atoms with Crippen molar-refractivity contribution in [3.05, 3.63) is 30.0 Å². The highest BCUT2D eigenvalue weighted by Crippen LogP contribution is 2.26. The molecule has 1 aromatic heterocycles. The summed E-state index contributed by atoms with van der Waals surface area (Å²) in [4.78, 5) is 16.6. The molecule has 1 saturated heterocycles. The van der Waals surface area contributed by atoms with Crippen LogP contribution in [0, 0.1) is 0 Å². The lowest BCUT2D eigenvalue weighted by molar-refractivity contribution is 0.0520. The van der Waals surface area contributed by atoms with Crippen LogP contribution in [-0.4, -0.2) is 66.1 Å². The summed E-state index contributed by atoms with van der Waals surface area (Å²) in [5.74, 6) is -0.457. The Morgan fingerprint density at radius 1 is 1.26 bits per heavy atom. The lowest BCUT2D eigenvalue weighted by Gasteiger charge is -2.34. The van der Waals surface area contributed by atoms with Crippen LogP contribution in [0.3, 0.4) is 0 Å². The zero-order chi connectivity index (χ0) is 16.2. The van der Waals surface area contributed by atoms with Crippen molar-refractivity contribution in [2.75, 3.05) is 44.7 Å². The van der Waals surface area contributed by atoms with E-state index >= 15 is 0 Å². The van der Waals surface area contributed by atoms with Crippen molar-refractivity contribution in [1.29, 1.82) is 0 Å². The molecule has 1 aromatic carbocycles. The largest absolute Gasteiger partial charge is 0.461 e. The summed E-state index contributed by atoms with van der Waals surface area (Å²) in [6, 6.07) is 8.04. The molecule has 7 heteroatoms. The van der Waals surface area contributed by atoms with Crippen molar-refractivity contribution < 1.29 is 9.53 Å². The van der Waals surface area contributed by atoms with Crippen LogP contribution >= 0.6 is 0 Å². The van der Waals surface area contributed by atoms with Crippen LogP contribution in [0.5, 0.6) is 0 Å². The highest BCUT2D eigenvalue weighted by molar-refractivity contribution is 5.94. The zero-order valence-electron chi connectivity index (χ0n) is 13.5. The number of carbonyl (C=O) groups excluding carboxylic acids is 1. The number of H-pyrrole nitrogens is 1. The number of nitrogens with one attached hydrogen (secondary N) is 1. The number of esters is 1. The number of anilines is 1. The Labute approximate surface area is 135 Å². The number of piperazine rings is 1. The molecule has 3 rings (SSSR count). The summed E-state index contributed by atoms with van der Waals surface area (Å²) in [5, 5.41) is 10.6. The molecule has 23 heavy (non-hydrogen) atoms. The first-order valence-electron chi connectivity index (χ1n) is 7.81. The van der Waals surface area contributed by atoms with E-state index in [4.69, 9.17) is 4.74 Å². The molecule has 0 saturated carbocycles. The van der Waals surface area contributed by atoms with Crippen molar-refractivity contribution >= 4 is 11.7 Å². The van der Waals surface area contributed by atoms with Crippen molar-refractivity contribution in [3.8, 4) is 11.3 Å². The zero-order valence-corrected chi connectivity index (χ0v) is 13.5. The second-order valence-electron chi connectivity index (χ2n) is 5.58. The monoisotopic (exact) mass is 315 g/mol. The molecule has 0 spiro atoms. The maximum absolute atomic E-state index is 12.0. The van der Waals surface area contributed by atoms with Gasteiger partial charge in [0, 0.05) is 37.4 Å². The van der Waals surface area contributed by atoms with Gasteiger partial charge in [0.05, 0.1) is 6.61 Å². The van der Waals surface area contributed by atoms with Crippen LogP contribution in [-0.2, 0) is 4.74 Å². The lowest BCUT2D eigenvalue weighted by atomic mass is 10.1. The molecule has 0 bridgehead atoms. The normalized spacial score (nSPS) is 15.7. The first kappa shape index (κ1) is 15.5. The number of aromatic amines is 1. The van der Waals surface area contributed by atoms with Gasteiger partial charge >= 0.3 is 5.97 Å². The van der Waals surface area contributed by atoms with Gasteiger partial charge in [-0.1, -0.05) is 12.1 Å². The summed E-state index contributed by atoms with van der Waals surface area (Å²) >= 11 is 0. The molecule has 0 amide bonds. The number of benzene rings is 1. The van der Waals surface area contributed by atoms with Gasteiger partial charge in [0.1, 0.15) is 5.69 Å². The van der Waals surface area contributed by atoms with Gasteiger partial charge in [-0.3, -0.25) is 0 Å². The van der Waals surface area contributed by atoms with Crippen molar-refractivity contribution in [1.82, 2.24) is 20.3 Å². The quantitative estimate of drug-likeness (QED) is 0.860. The van der Waals surface area contributed by atoms with E-state index in [1.807, 2.05) is 18.2 Å². The molecule has 1 aliphatic rings. The minimum absolute atomic E-state index is 0.224. The molecule has 2 heterocycles. The first-order chi connectivity index (χ1) is 11.2. The molecule has 1 fully saturated rings. The molecular weight excluding hydrogens is 294 g/mol. The molecule has 122 valence electrons. The molecule has 0 unspecified atom stereocenters. The number of likely N-dealkylation sites (N-methyl/N-ethyl adjacent to an activating group) is 1. The fraction of sp³-hybridized carbons (Fsp3) is 0.438. The molecule has 2 aromatic rings.